The fourth-order valence-corrected chi connectivity index (χ4v) is 3.44. The van der Waals surface area contributed by atoms with Gasteiger partial charge in [0.2, 0.25) is 10.0 Å². The third-order valence-corrected chi connectivity index (χ3v) is 4.75. The smallest absolute Gasteiger partial charge is 0.242 e. The van der Waals surface area contributed by atoms with Crippen LogP contribution in [0.15, 0.2) is 29.3 Å². The molecule has 0 aliphatic heterocycles. The van der Waals surface area contributed by atoms with Crippen molar-refractivity contribution in [3.05, 3.63) is 40.1 Å². The molecular formula is C11H12FN3O2S2. The van der Waals surface area contributed by atoms with E-state index >= 15 is 0 Å². The van der Waals surface area contributed by atoms with Crippen molar-refractivity contribution in [1.29, 1.82) is 0 Å². The number of aromatic nitrogens is 1. The minimum absolute atomic E-state index is 0.118. The Morgan fingerprint density at radius 2 is 2.21 bits per heavy atom. The first-order valence-corrected chi connectivity index (χ1v) is 7.64. The van der Waals surface area contributed by atoms with Crippen molar-refractivity contribution in [2.45, 2.75) is 18.4 Å². The number of hydrogen-bond donors (Lipinski definition) is 2. The predicted octanol–water partition coefficient (Wildman–Crippen LogP) is 1.65. The molecule has 0 spiro atoms. The zero-order valence-electron chi connectivity index (χ0n) is 10.1. The maximum Gasteiger partial charge on any atom is 0.242 e. The van der Waals surface area contributed by atoms with Crippen LogP contribution in [0, 0.1) is 12.7 Å². The molecule has 0 bridgehead atoms. The molecule has 19 heavy (non-hydrogen) atoms. The van der Waals surface area contributed by atoms with E-state index in [0.717, 1.165) is 28.1 Å². The van der Waals surface area contributed by atoms with Crippen LogP contribution in [0.2, 0.25) is 0 Å². The summed E-state index contributed by atoms with van der Waals surface area (Å²) >= 11 is 1.40. The number of sulfonamides is 1. The second kappa shape index (κ2) is 5.24. The van der Waals surface area contributed by atoms with Gasteiger partial charge in [-0.05, 0) is 25.1 Å². The Balaban J connectivity index is 2.18. The van der Waals surface area contributed by atoms with Crippen LogP contribution in [-0.4, -0.2) is 13.4 Å². The van der Waals surface area contributed by atoms with Gasteiger partial charge in [0, 0.05) is 17.6 Å². The van der Waals surface area contributed by atoms with E-state index in [4.69, 9.17) is 5.73 Å². The van der Waals surface area contributed by atoms with Gasteiger partial charge in [0.15, 0.2) is 0 Å². The van der Waals surface area contributed by atoms with Crippen molar-refractivity contribution in [3.63, 3.8) is 0 Å². The topological polar surface area (TPSA) is 85.1 Å². The molecule has 0 aliphatic carbocycles. The van der Waals surface area contributed by atoms with E-state index in [9.17, 15) is 12.8 Å². The second-order valence-corrected chi connectivity index (χ2v) is 6.91. The van der Waals surface area contributed by atoms with E-state index in [0.29, 0.717) is 0 Å². The highest BCUT2D eigenvalue weighted by Crippen LogP contribution is 2.20. The minimum atomic E-state index is -3.76. The summed E-state index contributed by atoms with van der Waals surface area (Å²) in [6.45, 7) is 1.96. The maximum atomic E-state index is 12.9. The average Bonchev–Trinajstić information content (AvgIpc) is 2.72. The van der Waals surface area contributed by atoms with Crippen LogP contribution < -0.4 is 10.5 Å². The first-order chi connectivity index (χ1) is 8.88. The molecule has 102 valence electrons. The normalized spacial score (nSPS) is 11.7. The number of anilines is 1. The number of rotatable bonds is 4. The molecule has 0 unspecified atom stereocenters. The third kappa shape index (κ3) is 3.28. The van der Waals surface area contributed by atoms with Crippen LogP contribution in [0.1, 0.15) is 9.88 Å². The van der Waals surface area contributed by atoms with E-state index in [2.05, 4.69) is 9.71 Å². The number of aryl methyl sites for hydroxylation is 1. The van der Waals surface area contributed by atoms with E-state index < -0.39 is 15.8 Å². The number of nitrogen functional groups attached to an aromatic ring is 1. The lowest BCUT2D eigenvalue weighted by Gasteiger charge is -2.08. The van der Waals surface area contributed by atoms with Gasteiger partial charge in [0.1, 0.15) is 10.7 Å². The van der Waals surface area contributed by atoms with E-state index in [1.165, 1.54) is 11.3 Å². The fourth-order valence-electron chi connectivity index (χ4n) is 1.49. The summed E-state index contributed by atoms with van der Waals surface area (Å²) in [4.78, 5) is 4.69. The molecule has 0 amide bonds. The van der Waals surface area contributed by atoms with E-state index in [1.54, 1.807) is 6.20 Å². The predicted molar refractivity (Wildman–Crippen MR) is 71.7 cm³/mol. The van der Waals surface area contributed by atoms with Crippen LogP contribution >= 0.6 is 11.3 Å². The van der Waals surface area contributed by atoms with Crippen molar-refractivity contribution in [2.24, 2.45) is 0 Å². The summed E-state index contributed by atoms with van der Waals surface area (Å²) in [6.07, 6.45) is 1.61. The van der Waals surface area contributed by atoms with Crippen molar-refractivity contribution in [1.82, 2.24) is 9.71 Å². The highest BCUT2D eigenvalue weighted by atomic mass is 32.2. The van der Waals surface area contributed by atoms with E-state index in [1.807, 2.05) is 6.92 Å². The first-order valence-electron chi connectivity index (χ1n) is 5.34. The maximum absolute atomic E-state index is 12.9. The van der Waals surface area contributed by atoms with Crippen LogP contribution in [0.25, 0.3) is 0 Å². The molecular weight excluding hydrogens is 289 g/mol. The van der Waals surface area contributed by atoms with E-state index in [-0.39, 0.29) is 17.1 Å². The number of nitrogens with zero attached hydrogens (tertiary/aromatic N) is 1. The fraction of sp³-hybridized carbons (Fsp3) is 0.182. The Morgan fingerprint density at radius 1 is 1.47 bits per heavy atom. The third-order valence-electron chi connectivity index (χ3n) is 2.37. The Labute approximate surface area is 114 Å². The monoisotopic (exact) mass is 301 g/mol. The number of nitrogens with one attached hydrogen (secondary N) is 1. The van der Waals surface area contributed by atoms with Crippen LogP contribution in [-0.2, 0) is 16.6 Å². The molecule has 0 saturated carbocycles. The van der Waals surface area contributed by atoms with Gasteiger partial charge in [-0.15, -0.1) is 11.3 Å². The zero-order chi connectivity index (χ0) is 14.0. The Hall–Kier alpha value is -1.51. The van der Waals surface area contributed by atoms with Gasteiger partial charge in [-0.25, -0.2) is 22.5 Å². The average molecular weight is 301 g/mol. The van der Waals surface area contributed by atoms with Gasteiger partial charge < -0.3 is 5.73 Å². The van der Waals surface area contributed by atoms with Crippen LogP contribution in [0.3, 0.4) is 0 Å². The zero-order valence-corrected chi connectivity index (χ0v) is 11.7. The van der Waals surface area contributed by atoms with Crippen LogP contribution in [0.5, 0.6) is 0 Å². The Bertz CT molecular complexity index is 698. The van der Waals surface area contributed by atoms with Gasteiger partial charge in [-0.1, -0.05) is 0 Å². The molecule has 5 nitrogen and oxygen atoms in total. The summed E-state index contributed by atoms with van der Waals surface area (Å²) in [6, 6.07) is 3.18. The highest BCUT2D eigenvalue weighted by molar-refractivity contribution is 7.89. The molecule has 1 aromatic carbocycles. The molecule has 0 fully saturated rings. The molecule has 0 radical (unpaired) electrons. The SMILES string of the molecule is Cc1ncc(CNS(=O)(=O)c2ccc(F)cc2N)s1. The number of benzene rings is 1. The van der Waals surface area contributed by atoms with Gasteiger partial charge in [-0.3, -0.25) is 0 Å². The number of nitrogens with two attached hydrogens (primary N) is 1. The minimum Gasteiger partial charge on any atom is -0.398 e. The summed E-state index contributed by atoms with van der Waals surface area (Å²) in [7, 11) is -3.76. The quantitative estimate of drug-likeness (QED) is 0.841. The largest absolute Gasteiger partial charge is 0.398 e. The molecule has 2 rings (SSSR count). The lowest BCUT2D eigenvalue weighted by atomic mass is 10.3. The Morgan fingerprint density at radius 3 is 2.79 bits per heavy atom. The lowest BCUT2D eigenvalue weighted by molar-refractivity contribution is 0.581. The highest BCUT2D eigenvalue weighted by Gasteiger charge is 2.17. The van der Waals surface area contributed by atoms with Crippen molar-refractivity contribution in [2.75, 3.05) is 5.73 Å². The second-order valence-electron chi connectivity index (χ2n) is 3.85. The van der Waals surface area contributed by atoms with Gasteiger partial charge in [-0.2, -0.15) is 0 Å². The van der Waals surface area contributed by atoms with Gasteiger partial charge in [0.05, 0.1) is 10.7 Å². The van der Waals surface area contributed by atoms with Gasteiger partial charge in [0.25, 0.3) is 0 Å². The number of hydrogen-bond acceptors (Lipinski definition) is 5. The van der Waals surface area contributed by atoms with Gasteiger partial charge >= 0.3 is 0 Å². The summed E-state index contributed by atoms with van der Waals surface area (Å²) in [5.41, 5.74) is 5.39. The van der Waals surface area contributed by atoms with Crippen LogP contribution in [0.4, 0.5) is 10.1 Å². The van der Waals surface area contributed by atoms with Crippen molar-refractivity contribution in [3.8, 4) is 0 Å². The van der Waals surface area contributed by atoms with Crippen molar-refractivity contribution >= 4 is 27.0 Å². The number of halogens is 1. The molecule has 0 atom stereocenters. The summed E-state index contributed by atoms with van der Waals surface area (Å²) in [5.74, 6) is -0.575. The molecule has 0 aliphatic rings. The molecule has 3 N–H and O–H groups in total. The van der Waals surface area contributed by atoms with Crippen molar-refractivity contribution < 1.29 is 12.8 Å². The lowest BCUT2D eigenvalue weighted by Crippen LogP contribution is -2.23. The summed E-state index contributed by atoms with van der Waals surface area (Å²) in [5, 5.41) is 0.857. The molecule has 1 heterocycles. The molecule has 2 aromatic rings. The molecule has 1 aromatic heterocycles. The number of thiazole rings is 1. The first kappa shape index (κ1) is 13.9. The molecule has 0 saturated heterocycles. The standard InChI is InChI=1S/C11H12FN3O2S2/c1-7-14-5-9(18-7)6-15-19(16,17)11-3-2-8(12)4-10(11)13/h2-5,15H,6,13H2,1H3. The summed E-state index contributed by atoms with van der Waals surface area (Å²) < 4.78 is 39.3. The Kier molecular flexibility index (Phi) is 3.83. The molecule has 8 heteroatoms.